The average Bonchev–Trinajstić information content (AvgIpc) is 1.35. The quantitative estimate of drug-likeness (QED) is 0.383. The van der Waals surface area contributed by atoms with Crippen LogP contribution in [0.15, 0.2) is 0 Å². The maximum absolute atomic E-state index is 9.42. The van der Waals surface area contributed by atoms with Crippen LogP contribution in [0.25, 0.3) is 0 Å². The Hall–Kier alpha value is 0.757. The van der Waals surface area contributed by atoms with Gasteiger partial charge in [0.2, 0.25) is 0 Å². The number of halogens is 1. The second kappa shape index (κ2) is 3.72. The van der Waals surface area contributed by atoms with E-state index < -0.39 is 10.3 Å². The van der Waals surface area contributed by atoms with Crippen molar-refractivity contribution in [3.63, 3.8) is 0 Å². The molecule has 7 heteroatoms. The Labute approximate surface area is 60.1 Å². The van der Waals surface area contributed by atoms with Crippen molar-refractivity contribution in [3.05, 3.63) is 0 Å². The first-order valence-corrected chi connectivity index (χ1v) is 2.67. The van der Waals surface area contributed by atoms with Crippen LogP contribution in [0.5, 0.6) is 0 Å². The molecule has 0 saturated carbocycles. The molecule has 7 heavy (non-hydrogen) atoms. The molecule has 0 heterocycles. The summed E-state index contributed by atoms with van der Waals surface area (Å²) in [4.78, 5) is 0. The van der Waals surface area contributed by atoms with Crippen molar-refractivity contribution in [2.24, 2.45) is 5.14 Å². The number of rotatable bonds is 1. The van der Waals surface area contributed by atoms with Gasteiger partial charge in [0.1, 0.15) is 0 Å². The van der Waals surface area contributed by atoms with Crippen LogP contribution >= 0.6 is 11.9 Å². The fraction of sp³-hybridized carbons (Fsp3) is 0. The van der Waals surface area contributed by atoms with E-state index in [0.29, 0.717) is 0 Å². The van der Waals surface area contributed by atoms with Gasteiger partial charge in [-0.3, -0.25) is 0 Å². The van der Waals surface area contributed by atoms with Crippen LogP contribution in [0, 0.1) is 0 Å². The first kappa shape index (κ1) is 10.7. The number of hydrogen-bond donors (Lipinski definition) is 1. The van der Waals surface area contributed by atoms with Gasteiger partial charge in [-0.1, -0.05) is 0 Å². The van der Waals surface area contributed by atoms with Gasteiger partial charge in [0.05, 0.1) is 11.9 Å². The first-order valence-electron chi connectivity index (χ1n) is 0.890. The summed E-state index contributed by atoms with van der Waals surface area (Å²) in [5, 5.41) is 4.15. The molecular formula is H3ClLiNO3S. The van der Waals surface area contributed by atoms with Crippen molar-refractivity contribution in [2.75, 3.05) is 0 Å². The molecule has 2 N–H and O–H groups in total. The van der Waals surface area contributed by atoms with Crippen molar-refractivity contribution in [1.82, 2.24) is 0 Å². The smallest absolute Gasteiger partial charge is 1.00 e. The van der Waals surface area contributed by atoms with Crippen LogP contribution in [-0.4, -0.2) is 8.42 Å². The van der Waals surface area contributed by atoms with E-state index in [1.54, 1.807) is 0 Å². The van der Waals surface area contributed by atoms with Gasteiger partial charge in [0.15, 0.2) is 0 Å². The van der Waals surface area contributed by atoms with E-state index in [2.05, 4.69) is 20.7 Å². The Morgan fingerprint density at radius 3 is 1.86 bits per heavy atom. The molecule has 0 saturated heterocycles. The molecule has 0 rings (SSSR count). The molecule has 0 bridgehead atoms. The summed E-state index contributed by atoms with van der Waals surface area (Å²) in [6.07, 6.45) is 0. The Balaban J connectivity index is -0.000000125. The minimum atomic E-state index is -3.90. The van der Waals surface area contributed by atoms with Crippen molar-refractivity contribution in [2.45, 2.75) is 0 Å². The summed E-state index contributed by atoms with van der Waals surface area (Å²) in [5.74, 6) is 0. The predicted octanol–water partition coefficient (Wildman–Crippen LogP) is -3.52. The molecule has 0 aliphatic heterocycles. The van der Waals surface area contributed by atoms with Crippen molar-refractivity contribution in [3.8, 4) is 0 Å². The molecule has 0 amide bonds. The fourth-order valence-electron chi connectivity index (χ4n) is 0. The van der Waals surface area contributed by atoms with Crippen LogP contribution in [-0.2, 0) is 14.0 Å². The largest absolute Gasteiger partial charge is 1.00 e. The van der Waals surface area contributed by atoms with Crippen molar-refractivity contribution >= 4 is 22.2 Å². The van der Waals surface area contributed by atoms with Crippen LogP contribution in [0.1, 0.15) is 1.43 Å². The molecule has 40 valence electrons. The average molecular weight is 139 g/mol. The molecule has 0 atom stereocenters. The first-order chi connectivity index (χ1) is 2.56. The van der Waals surface area contributed by atoms with E-state index in [9.17, 15) is 8.42 Å². The molecule has 0 aliphatic rings. The van der Waals surface area contributed by atoms with Gasteiger partial charge in [-0.05, 0) is 0 Å². The number of hydrogen-bond acceptors (Lipinski definition) is 3. The van der Waals surface area contributed by atoms with E-state index in [-0.39, 0.29) is 20.3 Å². The maximum atomic E-state index is 9.42. The van der Waals surface area contributed by atoms with Crippen LogP contribution in [0.4, 0.5) is 0 Å². The van der Waals surface area contributed by atoms with E-state index in [4.69, 9.17) is 0 Å². The Morgan fingerprint density at radius 2 is 1.86 bits per heavy atom. The van der Waals surface area contributed by atoms with Gasteiger partial charge in [0, 0.05) is 0 Å². The molecule has 0 aromatic carbocycles. The van der Waals surface area contributed by atoms with E-state index in [0.717, 1.165) is 0 Å². The summed E-state index contributed by atoms with van der Waals surface area (Å²) in [7, 11) is -3.90. The predicted molar refractivity (Wildman–Crippen MR) is 21.2 cm³/mol. The normalized spacial score (nSPS) is 10.0. The SMILES string of the molecule is NS(=O)(=O)OCl.[H-].[Li+]. The van der Waals surface area contributed by atoms with Crippen molar-refractivity contribution < 1.29 is 32.4 Å². The molecule has 4 nitrogen and oxygen atoms in total. The minimum Gasteiger partial charge on any atom is -1.00 e. The van der Waals surface area contributed by atoms with Gasteiger partial charge in [-0.15, -0.1) is 3.74 Å². The Kier molecular flexibility index (Phi) is 5.68. The van der Waals surface area contributed by atoms with Gasteiger partial charge in [0.25, 0.3) is 0 Å². The summed E-state index contributed by atoms with van der Waals surface area (Å²) in [6.45, 7) is 0. The standard InChI is InChI=1S/ClH2NO3S.Li.H/c1-5-6(2,3)4;;/h(H2,2,3,4);;/q;+1;-1. The zero-order valence-electron chi connectivity index (χ0n) is 4.59. The molecule has 0 unspecified atom stereocenters. The molecule has 0 spiro atoms. The van der Waals surface area contributed by atoms with Crippen molar-refractivity contribution in [1.29, 1.82) is 0 Å². The van der Waals surface area contributed by atoms with Gasteiger partial charge < -0.3 is 1.43 Å². The molecule has 0 aromatic rings. The molecule has 0 radical (unpaired) electrons. The van der Waals surface area contributed by atoms with Gasteiger partial charge in [-0.2, -0.15) is 8.42 Å². The third-order valence-electron chi connectivity index (χ3n) is 0.0878. The van der Waals surface area contributed by atoms with Gasteiger partial charge in [-0.25, -0.2) is 5.14 Å². The van der Waals surface area contributed by atoms with E-state index >= 15 is 0 Å². The second-order valence-electron chi connectivity index (χ2n) is 0.556. The summed E-state index contributed by atoms with van der Waals surface area (Å²) in [5.41, 5.74) is 0. The summed E-state index contributed by atoms with van der Waals surface area (Å²) < 4.78 is 22.0. The molecule has 0 fully saturated rings. The summed E-state index contributed by atoms with van der Waals surface area (Å²) in [6, 6.07) is 0. The third kappa shape index (κ3) is 10.8. The van der Waals surface area contributed by atoms with Crippen LogP contribution in [0.2, 0.25) is 0 Å². The monoisotopic (exact) mass is 139 g/mol. The van der Waals surface area contributed by atoms with Crippen LogP contribution in [0.3, 0.4) is 0 Å². The molecular weight excluding hydrogens is 136 g/mol. The minimum absolute atomic E-state index is 0. The second-order valence-corrected chi connectivity index (χ2v) is 2.05. The van der Waals surface area contributed by atoms with E-state index in [1.807, 2.05) is 0 Å². The number of nitrogens with two attached hydrogens (primary N) is 1. The topological polar surface area (TPSA) is 69.4 Å². The fourth-order valence-corrected chi connectivity index (χ4v) is 0. The molecule has 0 aromatic heterocycles. The molecule has 0 aliphatic carbocycles. The van der Waals surface area contributed by atoms with Crippen LogP contribution < -0.4 is 24.0 Å². The third-order valence-corrected chi connectivity index (χ3v) is 0.790. The Bertz CT molecular complexity index is 121. The zero-order valence-corrected chi connectivity index (χ0v) is 5.16. The van der Waals surface area contributed by atoms with Gasteiger partial charge >= 0.3 is 29.2 Å². The maximum Gasteiger partial charge on any atom is 1.00 e. The Morgan fingerprint density at radius 1 is 1.71 bits per heavy atom. The van der Waals surface area contributed by atoms with E-state index in [1.165, 1.54) is 0 Å². The zero-order chi connectivity index (χ0) is 5.21. The summed E-state index contributed by atoms with van der Waals surface area (Å²) >= 11 is 4.26.